The van der Waals surface area contributed by atoms with Crippen molar-refractivity contribution in [3.05, 3.63) is 81.4 Å². The number of hydrazone groups is 1. The van der Waals surface area contributed by atoms with Crippen molar-refractivity contribution in [1.29, 1.82) is 0 Å². The molecule has 0 heterocycles. The summed E-state index contributed by atoms with van der Waals surface area (Å²) in [6, 6.07) is 14.0. The second kappa shape index (κ2) is 9.54. The monoisotopic (exact) mass is 476 g/mol. The van der Waals surface area contributed by atoms with Gasteiger partial charge in [0.25, 0.3) is 15.7 Å². The fraction of sp³-hybridized carbons (Fsp3) is 0.0500. The summed E-state index contributed by atoms with van der Waals surface area (Å²) < 4.78 is 33.3. The molecular formula is C20H17ClN4O6S. The number of phenolic OH excluding ortho intramolecular Hbond substituents is 1. The van der Waals surface area contributed by atoms with E-state index in [1.54, 1.807) is 18.2 Å². The lowest BCUT2D eigenvalue weighted by atomic mass is 10.2. The lowest BCUT2D eigenvalue weighted by molar-refractivity contribution is -0.385. The number of nitrogens with one attached hydrogen (secondary N) is 2. The molecule has 10 nitrogen and oxygen atoms in total. The number of hydrogen-bond acceptors (Lipinski definition) is 8. The first-order chi connectivity index (χ1) is 15.2. The van der Waals surface area contributed by atoms with E-state index in [-0.39, 0.29) is 27.9 Å². The number of sulfonamides is 1. The molecular weight excluding hydrogens is 460 g/mol. The van der Waals surface area contributed by atoms with Crippen LogP contribution in [-0.4, -0.2) is 31.8 Å². The zero-order valence-electron chi connectivity index (χ0n) is 16.5. The van der Waals surface area contributed by atoms with Crippen LogP contribution >= 0.6 is 11.6 Å². The van der Waals surface area contributed by atoms with Gasteiger partial charge < -0.3 is 9.84 Å². The standard InChI is InChI=1S/C20H17ClN4O6S/c1-31-19-10-13(6-9-18(19)26)12-22-23-17-8-7-14(25(27)28)11-20(17)32(29,30)24-16-5-3-2-4-15(16)21/h2-12,23-24,26H,1H3/b22-12-. The number of aromatic hydroxyl groups is 1. The van der Waals surface area contributed by atoms with Crippen LogP contribution in [0.2, 0.25) is 5.02 Å². The highest BCUT2D eigenvalue weighted by molar-refractivity contribution is 7.93. The van der Waals surface area contributed by atoms with Crippen LogP contribution in [-0.2, 0) is 10.0 Å². The zero-order chi connectivity index (χ0) is 23.3. The molecule has 166 valence electrons. The first-order valence-electron chi connectivity index (χ1n) is 8.93. The number of non-ortho nitro benzene ring substituents is 1. The van der Waals surface area contributed by atoms with E-state index in [1.165, 1.54) is 43.7 Å². The van der Waals surface area contributed by atoms with Gasteiger partial charge in [-0.15, -0.1) is 0 Å². The molecule has 0 radical (unpaired) electrons. The van der Waals surface area contributed by atoms with Crippen molar-refractivity contribution in [2.24, 2.45) is 5.10 Å². The van der Waals surface area contributed by atoms with Gasteiger partial charge >= 0.3 is 0 Å². The molecule has 0 aromatic heterocycles. The molecule has 0 saturated carbocycles. The predicted octanol–water partition coefficient (Wildman–Crippen LogP) is 4.21. The lowest BCUT2D eigenvalue weighted by Gasteiger charge is -2.13. The zero-order valence-corrected chi connectivity index (χ0v) is 18.1. The normalized spacial score (nSPS) is 11.3. The molecule has 0 saturated heterocycles. The number of rotatable bonds is 8. The Labute approximate surface area is 188 Å². The van der Waals surface area contributed by atoms with Crippen molar-refractivity contribution >= 4 is 44.9 Å². The highest BCUT2D eigenvalue weighted by atomic mass is 35.5. The number of halogens is 1. The summed E-state index contributed by atoms with van der Waals surface area (Å²) in [6.45, 7) is 0. The average molecular weight is 477 g/mol. The Morgan fingerprint density at radius 3 is 2.56 bits per heavy atom. The van der Waals surface area contributed by atoms with E-state index in [9.17, 15) is 23.6 Å². The van der Waals surface area contributed by atoms with Gasteiger partial charge in [-0.1, -0.05) is 23.7 Å². The number of hydrogen-bond donors (Lipinski definition) is 3. The van der Waals surface area contributed by atoms with E-state index in [0.29, 0.717) is 5.56 Å². The van der Waals surface area contributed by atoms with Gasteiger partial charge in [-0.25, -0.2) is 8.42 Å². The molecule has 32 heavy (non-hydrogen) atoms. The molecule has 3 aromatic carbocycles. The lowest BCUT2D eigenvalue weighted by Crippen LogP contribution is -2.15. The van der Waals surface area contributed by atoms with Crippen LogP contribution < -0.4 is 14.9 Å². The molecule has 0 atom stereocenters. The number of anilines is 2. The molecule has 0 spiro atoms. The molecule has 12 heteroatoms. The van der Waals surface area contributed by atoms with Crippen molar-refractivity contribution in [3.63, 3.8) is 0 Å². The summed E-state index contributed by atoms with van der Waals surface area (Å²) in [4.78, 5) is 10.1. The van der Waals surface area contributed by atoms with Crippen LogP contribution in [0, 0.1) is 10.1 Å². The van der Waals surface area contributed by atoms with Crippen molar-refractivity contribution in [2.45, 2.75) is 4.90 Å². The van der Waals surface area contributed by atoms with Crippen molar-refractivity contribution in [3.8, 4) is 11.5 Å². The summed E-state index contributed by atoms with van der Waals surface area (Å²) in [5.41, 5.74) is 2.83. The third-order valence-corrected chi connectivity index (χ3v) is 5.92. The number of methoxy groups -OCH3 is 1. The van der Waals surface area contributed by atoms with Crippen LogP contribution in [0.3, 0.4) is 0 Å². The predicted molar refractivity (Wildman–Crippen MR) is 121 cm³/mol. The molecule has 0 aliphatic rings. The quantitative estimate of drug-likeness (QED) is 0.251. The van der Waals surface area contributed by atoms with E-state index < -0.39 is 25.5 Å². The smallest absolute Gasteiger partial charge is 0.270 e. The molecule has 3 aromatic rings. The largest absolute Gasteiger partial charge is 0.504 e. The molecule has 0 aliphatic carbocycles. The number of nitrogens with zero attached hydrogens (tertiary/aromatic N) is 2. The Balaban J connectivity index is 1.94. The van der Waals surface area contributed by atoms with Gasteiger partial charge in [0.15, 0.2) is 11.5 Å². The number of ether oxygens (including phenoxy) is 1. The number of nitro benzene ring substituents is 1. The summed E-state index contributed by atoms with van der Waals surface area (Å²) in [5, 5.41) is 25.0. The third-order valence-electron chi connectivity index (χ3n) is 4.19. The Kier molecular flexibility index (Phi) is 6.81. The fourth-order valence-electron chi connectivity index (χ4n) is 2.63. The molecule has 0 amide bonds. The maximum Gasteiger partial charge on any atom is 0.270 e. The van der Waals surface area contributed by atoms with Crippen molar-refractivity contribution in [2.75, 3.05) is 17.3 Å². The van der Waals surface area contributed by atoms with Crippen molar-refractivity contribution in [1.82, 2.24) is 0 Å². The first kappa shape index (κ1) is 22.8. The number of phenols is 1. The van der Waals surface area contributed by atoms with Gasteiger partial charge in [-0.05, 0) is 42.0 Å². The maximum atomic E-state index is 13.0. The minimum absolute atomic E-state index is 0.00264. The second-order valence-corrected chi connectivity index (χ2v) is 8.38. The molecule has 0 unspecified atom stereocenters. The molecule has 0 bridgehead atoms. The fourth-order valence-corrected chi connectivity index (χ4v) is 4.13. The van der Waals surface area contributed by atoms with Crippen LogP contribution in [0.15, 0.2) is 70.7 Å². The van der Waals surface area contributed by atoms with Gasteiger partial charge in [0.2, 0.25) is 0 Å². The Morgan fingerprint density at radius 1 is 1.12 bits per heavy atom. The summed E-state index contributed by atoms with van der Waals surface area (Å²) in [6.07, 6.45) is 1.36. The summed E-state index contributed by atoms with van der Waals surface area (Å²) >= 11 is 6.02. The minimum Gasteiger partial charge on any atom is -0.504 e. The third kappa shape index (κ3) is 5.25. The van der Waals surface area contributed by atoms with Crippen molar-refractivity contribution < 1.29 is 23.2 Å². The van der Waals surface area contributed by atoms with E-state index in [0.717, 1.165) is 12.1 Å². The summed E-state index contributed by atoms with van der Waals surface area (Å²) in [7, 11) is -2.87. The van der Waals surface area contributed by atoms with Crippen LogP contribution in [0.5, 0.6) is 11.5 Å². The Bertz CT molecular complexity index is 1300. The van der Waals surface area contributed by atoms with Gasteiger partial charge in [0.05, 0.1) is 34.6 Å². The average Bonchev–Trinajstić information content (AvgIpc) is 2.76. The highest BCUT2D eigenvalue weighted by Crippen LogP contribution is 2.30. The highest BCUT2D eigenvalue weighted by Gasteiger charge is 2.23. The van der Waals surface area contributed by atoms with Gasteiger partial charge in [-0.3, -0.25) is 20.3 Å². The Hall–Kier alpha value is -3.83. The van der Waals surface area contributed by atoms with Gasteiger partial charge in [0.1, 0.15) is 4.90 Å². The molecule has 0 aliphatic heterocycles. The summed E-state index contributed by atoms with van der Waals surface area (Å²) in [5.74, 6) is 0.184. The number of para-hydroxylation sites is 1. The Morgan fingerprint density at radius 2 is 1.88 bits per heavy atom. The van der Waals surface area contributed by atoms with E-state index in [4.69, 9.17) is 16.3 Å². The van der Waals surface area contributed by atoms with E-state index >= 15 is 0 Å². The van der Waals surface area contributed by atoms with Gasteiger partial charge in [0, 0.05) is 12.1 Å². The van der Waals surface area contributed by atoms with E-state index in [2.05, 4.69) is 15.2 Å². The van der Waals surface area contributed by atoms with E-state index in [1.807, 2.05) is 0 Å². The molecule has 0 fully saturated rings. The molecule has 3 N–H and O–H groups in total. The number of nitro groups is 1. The minimum atomic E-state index is -4.26. The topological polar surface area (TPSA) is 143 Å². The van der Waals surface area contributed by atoms with Crippen LogP contribution in [0.4, 0.5) is 17.1 Å². The second-order valence-electron chi connectivity index (χ2n) is 6.32. The maximum absolute atomic E-state index is 13.0. The SMILES string of the molecule is COc1cc(/C=N\Nc2ccc([N+](=O)[O-])cc2S(=O)(=O)Nc2ccccc2Cl)ccc1O. The number of benzene rings is 3. The first-order valence-corrected chi connectivity index (χ1v) is 10.8. The van der Waals surface area contributed by atoms with Crippen LogP contribution in [0.25, 0.3) is 0 Å². The van der Waals surface area contributed by atoms with Crippen LogP contribution in [0.1, 0.15) is 5.56 Å². The van der Waals surface area contributed by atoms with Gasteiger partial charge in [-0.2, -0.15) is 5.10 Å². The molecule has 3 rings (SSSR count).